The van der Waals surface area contributed by atoms with E-state index in [-0.39, 0.29) is 24.4 Å². The SMILES string of the molecule is COc1ccc(OC[C@@H](C)NC(=O)[C@@H]2CCCN(S(=O)(=O)N(C)C)C2)cc1. The van der Waals surface area contributed by atoms with Crippen molar-refractivity contribution in [1.82, 2.24) is 13.9 Å². The van der Waals surface area contributed by atoms with Gasteiger partial charge in [0.15, 0.2) is 0 Å². The molecule has 1 heterocycles. The summed E-state index contributed by atoms with van der Waals surface area (Å²) in [4.78, 5) is 12.5. The Labute approximate surface area is 161 Å². The molecule has 1 aliphatic heterocycles. The van der Waals surface area contributed by atoms with Crippen LogP contribution in [0.2, 0.25) is 0 Å². The number of rotatable bonds is 8. The first-order valence-electron chi connectivity index (χ1n) is 8.99. The molecule has 152 valence electrons. The molecule has 0 unspecified atom stereocenters. The topological polar surface area (TPSA) is 88.2 Å². The quantitative estimate of drug-likeness (QED) is 0.707. The first-order valence-corrected chi connectivity index (χ1v) is 10.4. The van der Waals surface area contributed by atoms with Gasteiger partial charge >= 0.3 is 0 Å². The van der Waals surface area contributed by atoms with Gasteiger partial charge in [0.1, 0.15) is 18.1 Å². The second kappa shape index (κ2) is 9.38. The largest absolute Gasteiger partial charge is 0.497 e. The Morgan fingerprint density at radius 1 is 1.30 bits per heavy atom. The van der Waals surface area contributed by atoms with Gasteiger partial charge in [0, 0.05) is 27.2 Å². The average Bonchev–Trinajstić information content (AvgIpc) is 2.66. The van der Waals surface area contributed by atoms with Crippen molar-refractivity contribution in [2.75, 3.05) is 40.9 Å². The predicted molar refractivity (Wildman–Crippen MR) is 103 cm³/mol. The molecule has 1 N–H and O–H groups in total. The van der Waals surface area contributed by atoms with E-state index < -0.39 is 10.2 Å². The first kappa shape index (κ1) is 21.5. The van der Waals surface area contributed by atoms with Crippen molar-refractivity contribution in [3.8, 4) is 11.5 Å². The zero-order valence-corrected chi connectivity index (χ0v) is 17.2. The molecule has 27 heavy (non-hydrogen) atoms. The number of nitrogens with zero attached hydrogens (tertiary/aromatic N) is 2. The summed E-state index contributed by atoms with van der Waals surface area (Å²) in [6.45, 7) is 2.84. The van der Waals surface area contributed by atoms with Crippen molar-refractivity contribution >= 4 is 16.1 Å². The smallest absolute Gasteiger partial charge is 0.281 e. The Hall–Kier alpha value is -1.84. The normalized spacial score (nSPS) is 19.5. The van der Waals surface area contributed by atoms with Gasteiger partial charge in [0.05, 0.1) is 19.1 Å². The Bertz CT molecular complexity index is 721. The highest BCUT2D eigenvalue weighted by Gasteiger charge is 2.33. The Morgan fingerprint density at radius 2 is 1.93 bits per heavy atom. The van der Waals surface area contributed by atoms with E-state index in [0.29, 0.717) is 31.7 Å². The Kier molecular flexibility index (Phi) is 7.46. The lowest BCUT2D eigenvalue weighted by Crippen LogP contribution is -2.50. The van der Waals surface area contributed by atoms with E-state index in [0.717, 1.165) is 5.75 Å². The number of carbonyl (C=O) groups excluding carboxylic acids is 1. The number of amides is 1. The number of piperidine rings is 1. The van der Waals surface area contributed by atoms with Gasteiger partial charge in [-0.15, -0.1) is 0 Å². The van der Waals surface area contributed by atoms with Crippen LogP contribution in [0.4, 0.5) is 0 Å². The number of hydrogen-bond acceptors (Lipinski definition) is 5. The van der Waals surface area contributed by atoms with Crippen LogP contribution in [-0.4, -0.2) is 69.9 Å². The van der Waals surface area contributed by atoms with Gasteiger partial charge in [-0.25, -0.2) is 0 Å². The van der Waals surface area contributed by atoms with Crippen LogP contribution in [0.15, 0.2) is 24.3 Å². The summed E-state index contributed by atoms with van der Waals surface area (Å²) in [5.41, 5.74) is 0. The third-order valence-corrected chi connectivity index (χ3v) is 6.40. The fourth-order valence-electron chi connectivity index (χ4n) is 2.89. The highest BCUT2D eigenvalue weighted by atomic mass is 32.2. The second-order valence-corrected chi connectivity index (χ2v) is 9.03. The number of carbonyl (C=O) groups is 1. The summed E-state index contributed by atoms with van der Waals surface area (Å²) in [6, 6.07) is 7.03. The molecule has 0 spiro atoms. The van der Waals surface area contributed by atoms with Crippen molar-refractivity contribution in [1.29, 1.82) is 0 Å². The summed E-state index contributed by atoms with van der Waals surface area (Å²) < 4.78 is 37.9. The van der Waals surface area contributed by atoms with Crippen LogP contribution in [0.5, 0.6) is 11.5 Å². The molecule has 1 amide bonds. The summed E-state index contributed by atoms with van der Waals surface area (Å²) in [7, 11) is 1.10. The highest BCUT2D eigenvalue weighted by molar-refractivity contribution is 7.86. The number of benzene rings is 1. The molecule has 0 bridgehead atoms. The third kappa shape index (κ3) is 5.82. The maximum Gasteiger partial charge on any atom is 0.281 e. The Morgan fingerprint density at radius 3 is 2.52 bits per heavy atom. The van der Waals surface area contributed by atoms with Crippen molar-refractivity contribution in [3.63, 3.8) is 0 Å². The molecule has 8 nitrogen and oxygen atoms in total. The van der Waals surface area contributed by atoms with E-state index in [1.165, 1.54) is 22.7 Å². The molecule has 9 heteroatoms. The fourth-order valence-corrected chi connectivity index (χ4v) is 4.08. The monoisotopic (exact) mass is 399 g/mol. The van der Waals surface area contributed by atoms with E-state index in [1.54, 1.807) is 31.4 Å². The van der Waals surface area contributed by atoms with Crippen molar-refractivity contribution in [2.24, 2.45) is 5.92 Å². The molecular weight excluding hydrogens is 370 g/mol. The zero-order chi connectivity index (χ0) is 20.0. The van der Waals surface area contributed by atoms with Crippen LogP contribution < -0.4 is 14.8 Å². The maximum atomic E-state index is 12.5. The highest BCUT2D eigenvalue weighted by Crippen LogP contribution is 2.21. The van der Waals surface area contributed by atoms with Gasteiger partial charge in [0.25, 0.3) is 10.2 Å². The molecule has 1 aromatic rings. The summed E-state index contributed by atoms with van der Waals surface area (Å²) >= 11 is 0. The van der Waals surface area contributed by atoms with Crippen LogP contribution in [-0.2, 0) is 15.0 Å². The minimum atomic E-state index is -3.50. The number of nitrogens with one attached hydrogen (secondary N) is 1. The summed E-state index contributed by atoms with van der Waals surface area (Å²) in [5.74, 6) is 0.951. The van der Waals surface area contributed by atoms with Crippen molar-refractivity contribution < 1.29 is 22.7 Å². The summed E-state index contributed by atoms with van der Waals surface area (Å²) in [6.07, 6.45) is 1.35. The second-order valence-electron chi connectivity index (χ2n) is 6.88. The molecule has 0 radical (unpaired) electrons. The molecule has 0 saturated carbocycles. The predicted octanol–water partition coefficient (Wildman–Crippen LogP) is 1.10. The van der Waals surface area contributed by atoms with Crippen LogP contribution in [0, 0.1) is 5.92 Å². The van der Waals surface area contributed by atoms with Gasteiger partial charge in [-0.3, -0.25) is 4.79 Å². The molecule has 2 rings (SSSR count). The number of ether oxygens (including phenoxy) is 2. The van der Waals surface area contributed by atoms with Gasteiger partial charge in [-0.1, -0.05) is 0 Å². The lowest BCUT2D eigenvalue weighted by molar-refractivity contribution is -0.126. The van der Waals surface area contributed by atoms with E-state index >= 15 is 0 Å². The minimum Gasteiger partial charge on any atom is -0.497 e. The number of methoxy groups -OCH3 is 1. The third-order valence-electron chi connectivity index (χ3n) is 4.49. The summed E-state index contributed by atoms with van der Waals surface area (Å²) in [5, 5.41) is 2.92. The lowest BCUT2D eigenvalue weighted by atomic mass is 9.98. The molecule has 1 aliphatic rings. The van der Waals surface area contributed by atoms with Crippen LogP contribution in [0.25, 0.3) is 0 Å². The minimum absolute atomic E-state index is 0.139. The van der Waals surface area contributed by atoms with Crippen LogP contribution >= 0.6 is 0 Å². The lowest BCUT2D eigenvalue weighted by Gasteiger charge is -2.33. The molecule has 1 aromatic carbocycles. The van der Waals surface area contributed by atoms with E-state index in [9.17, 15) is 13.2 Å². The molecule has 0 aliphatic carbocycles. The molecule has 0 aromatic heterocycles. The van der Waals surface area contributed by atoms with Gasteiger partial charge in [-0.2, -0.15) is 17.0 Å². The average molecular weight is 400 g/mol. The first-order chi connectivity index (χ1) is 12.7. The van der Waals surface area contributed by atoms with Crippen LogP contribution in [0.3, 0.4) is 0 Å². The fraction of sp³-hybridized carbons (Fsp3) is 0.611. The van der Waals surface area contributed by atoms with Crippen molar-refractivity contribution in [3.05, 3.63) is 24.3 Å². The van der Waals surface area contributed by atoms with Gasteiger partial charge < -0.3 is 14.8 Å². The zero-order valence-electron chi connectivity index (χ0n) is 16.3. The van der Waals surface area contributed by atoms with Gasteiger partial charge in [0.2, 0.25) is 5.91 Å². The molecule has 1 fully saturated rings. The number of hydrogen-bond donors (Lipinski definition) is 1. The molecule has 2 atom stereocenters. The molecular formula is C18H29N3O5S. The molecule has 1 saturated heterocycles. The maximum absolute atomic E-state index is 12.5. The van der Waals surface area contributed by atoms with E-state index in [2.05, 4.69) is 5.32 Å². The van der Waals surface area contributed by atoms with Gasteiger partial charge in [-0.05, 0) is 44.0 Å². The standard InChI is InChI=1S/C18H29N3O5S/c1-14(13-26-17-9-7-16(25-4)8-10-17)19-18(22)15-6-5-11-21(12-15)27(23,24)20(2)3/h7-10,14-15H,5-6,11-13H2,1-4H3,(H,19,22)/t14-,15-/m1/s1. The van der Waals surface area contributed by atoms with Crippen LogP contribution in [0.1, 0.15) is 19.8 Å². The van der Waals surface area contributed by atoms with E-state index in [1.807, 2.05) is 6.92 Å². The Balaban J connectivity index is 1.84. The van der Waals surface area contributed by atoms with Crippen molar-refractivity contribution in [2.45, 2.75) is 25.8 Å². The van der Waals surface area contributed by atoms with E-state index in [4.69, 9.17) is 9.47 Å².